The molecule has 0 bridgehead atoms. The minimum absolute atomic E-state index is 0.136. The van der Waals surface area contributed by atoms with E-state index < -0.39 is 11.5 Å². The van der Waals surface area contributed by atoms with Crippen molar-refractivity contribution in [2.24, 2.45) is 0 Å². The third kappa shape index (κ3) is 8.57. The Morgan fingerprint density at radius 1 is 0.962 bits per heavy atom. The summed E-state index contributed by atoms with van der Waals surface area (Å²) in [4.78, 5) is 49.0. The highest BCUT2D eigenvalue weighted by Gasteiger charge is 2.31. The van der Waals surface area contributed by atoms with Gasteiger partial charge in [0.1, 0.15) is 11.6 Å². The molecule has 52 heavy (non-hydrogen) atoms. The van der Waals surface area contributed by atoms with Gasteiger partial charge >= 0.3 is 5.57 Å². The number of ether oxygens (including phenoxy) is 1. The first-order chi connectivity index (χ1) is 25.1. The van der Waals surface area contributed by atoms with E-state index in [4.69, 9.17) is 16.6 Å². The molecule has 2 aromatic carbocycles. The van der Waals surface area contributed by atoms with E-state index in [0.29, 0.717) is 35.8 Å². The molecule has 3 aliphatic rings. The number of hydrogen-bond donors (Lipinski definition) is 3. The molecular weight excluding hydrogens is 694 g/mol. The lowest BCUT2D eigenvalue weighted by Crippen LogP contribution is -2.53. The van der Waals surface area contributed by atoms with Crippen molar-refractivity contribution >= 4 is 40.8 Å². The molecular formula is C37H39ClF2N8O4. The van der Waals surface area contributed by atoms with Crippen molar-refractivity contribution in [2.75, 3.05) is 49.5 Å². The van der Waals surface area contributed by atoms with Crippen LogP contribution < -0.4 is 20.3 Å². The predicted octanol–water partition coefficient (Wildman–Crippen LogP) is 5.20. The van der Waals surface area contributed by atoms with E-state index in [9.17, 15) is 23.2 Å². The van der Waals surface area contributed by atoms with Crippen LogP contribution in [0.5, 0.6) is 5.75 Å². The molecule has 3 aliphatic heterocycles. The molecule has 2 aromatic heterocycles. The van der Waals surface area contributed by atoms with Gasteiger partial charge in [0.2, 0.25) is 11.8 Å². The molecule has 0 saturated carbocycles. The lowest BCUT2D eigenvalue weighted by atomic mass is 9.90. The number of piperidine rings is 2. The second kappa shape index (κ2) is 15.4. The summed E-state index contributed by atoms with van der Waals surface area (Å²) in [6.45, 7) is 6.24. The number of aromatic nitrogens is 3. The fourth-order valence-corrected chi connectivity index (χ4v) is 7.33. The number of imide groups is 1. The first kappa shape index (κ1) is 35.5. The van der Waals surface area contributed by atoms with Crippen molar-refractivity contribution in [1.29, 1.82) is 0 Å². The number of anilines is 2. The quantitative estimate of drug-likeness (QED) is 0.149. The summed E-state index contributed by atoms with van der Waals surface area (Å²) in [5, 5.41) is 12.4. The van der Waals surface area contributed by atoms with Crippen LogP contribution in [0.25, 0.3) is 11.3 Å². The number of hydrogen-bond acceptors (Lipinski definition) is 9. The van der Waals surface area contributed by atoms with Crippen LogP contribution in [-0.4, -0.2) is 93.6 Å². The number of rotatable bonds is 10. The van der Waals surface area contributed by atoms with Gasteiger partial charge < -0.3 is 15.0 Å². The third-order valence-corrected chi connectivity index (χ3v) is 10.0. The highest BCUT2D eigenvalue weighted by Crippen LogP contribution is 2.32. The van der Waals surface area contributed by atoms with Crippen LogP contribution >= 0.6 is 11.6 Å². The molecule has 12 nitrogen and oxygen atoms in total. The molecule has 3 amide bonds. The molecule has 15 heteroatoms. The summed E-state index contributed by atoms with van der Waals surface area (Å²) < 4.78 is 30.2. The van der Waals surface area contributed by atoms with Crippen molar-refractivity contribution < 1.29 is 27.9 Å². The number of aromatic amines is 1. The van der Waals surface area contributed by atoms with Gasteiger partial charge in [0.05, 0.1) is 17.2 Å². The monoisotopic (exact) mass is 732 g/mol. The Balaban J connectivity index is 0.920. The van der Waals surface area contributed by atoms with E-state index in [1.165, 1.54) is 36.0 Å². The van der Waals surface area contributed by atoms with Crippen LogP contribution in [0, 0.1) is 0 Å². The number of benzene rings is 2. The van der Waals surface area contributed by atoms with Crippen molar-refractivity contribution in [1.82, 2.24) is 30.3 Å². The molecule has 7 rings (SSSR count). The molecule has 3 fully saturated rings. The Morgan fingerprint density at radius 3 is 2.35 bits per heavy atom. The Kier molecular flexibility index (Phi) is 10.5. The summed E-state index contributed by atoms with van der Waals surface area (Å²) >= 11 is 4.83. The number of H-pyrrole nitrogens is 1. The SMILES string of the molecule is O=C1CCC(c2ccc(CN3CCC(N4CCN(c5ncc(C(=O)Nc6ccc(OC(F)(F)Cl)cc6)cc5-c5cc[nH]n5)CC4)CC3)cc2)C(=O)N1. The van der Waals surface area contributed by atoms with Crippen LogP contribution in [-0.2, 0) is 16.1 Å². The number of nitrogens with zero attached hydrogens (tertiary/aromatic N) is 5. The molecule has 4 aromatic rings. The van der Waals surface area contributed by atoms with Crippen LogP contribution in [0.1, 0.15) is 53.1 Å². The summed E-state index contributed by atoms with van der Waals surface area (Å²) in [5.41, 5.74) is 0.457. The highest BCUT2D eigenvalue weighted by atomic mass is 35.5. The van der Waals surface area contributed by atoms with Crippen molar-refractivity contribution in [3.8, 4) is 17.0 Å². The maximum atomic E-state index is 13.2. The zero-order valence-electron chi connectivity index (χ0n) is 28.4. The Morgan fingerprint density at radius 2 is 1.69 bits per heavy atom. The molecule has 0 radical (unpaired) electrons. The first-order valence-electron chi connectivity index (χ1n) is 17.4. The minimum Gasteiger partial charge on any atom is -0.420 e. The van der Waals surface area contributed by atoms with Gasteiger partial charge in [-0.3, -0.25) is 34.6 Å². The average Bonchev–Trinajstić information content (AvgIpc) is 3.68. The molecule has 5 heterocycles. The second-order valence-electron chi connectivity index (χ2n) is 13.4. The molecule has 0 spiro atoms. The van der Waals surface area contributed by atoms with Crippen molar-refractivity contribution in [3.05, 3.63) is 89.7 Å². The van der Waals surface area contributed by atoms with Gasteiger partial charge in [-0.1, -0.05) is 24.3 Å². The van der Waals surface area contributed by atoms with E-state index in [2.05, 4.69) is 52.4 Å². The number of piperazine rings is 1. The summed E-state index contributed by atoms with van der Waals surface area (Å²) in [6.07, 6.45) is 6.37. The van der Waals surface area contributed by atoms with Gasteiger partial charge in [-0.15, -0.1) is 8.78 Å². The molecule has 0 aliphatic carbocycles. The number of nitrogens with one attached hydrogen (secondary N) is 3. The average molecular weight is 733 g/mol. The number of carbonyl (C=O) groups is 3. The number of carbonyl (C=O) groups excluding carboxylic acids is 3. The first-order valence-corrected chi connectivity index (χ1v) is 17.8. The van der Waals surface area contributed by atoms with E-state index in [-0.39, 0.29) is 23.5 Å². The lowest BCUT2D eigenvalue weighted by Gasteiger charge is -2.43. The Hall–Kier alpha value is -4.92. The van der Waals surface area contributed by atoms with Gasteiger partial charge in [0.15, 0.2) is 0 Å². The maximum Gasteiger partial charge on any atom is 0.487 e. The second-order valence-corrected chi connectivity index (χ2v) is 13.8. The lowest BCUT2D eigenvalue weighted by molar-refractivity contribution is -0.134. The zero-order chi connectivity index (χ0) is 36.2. The third-order valence-electron chi connectivity index (χ3n) is 9.97. The van der Waals surface area contributed by atoms with Crippen LogP contribution in [0.15, 0.2) is 73.1 Å². The molecule has 1 unspecified atom stereocenters. The number of alkyl halides is 3. The summed E-state index contributed by atoms with van der Waals surface area (Å²) in [6, 6.07) is 17.8. The molecule has 3 N–H and O–H groups in total. The Labute approximate surface area is 304 Å². The molecule has 1 atom stereocenters. The smallest absolute Gasteiger partial charge is 0.420 e. The van der Waals surface area contributed by atoms with E-state index >= 15 is 0 Å². The standard InChI is InChI=1S/C37H39ClF2N8O4/c38-37(39,40)52-29-7-5-27(6-8-29)43-35(50)26-21-31(32-11-14-42-45-32)34(41-22-26)48-19-17-47(18-20-48)28-12-15-46(16-13-28)23-24-1-3-25(4-2-24)30-9-10-33(49)44-36(30)51/h1-8,11,14,21-22,28,30H,9-10,12-13,15-20,23H2,(H,42,45)(H,43,50)(H,44,49,51). The summed E-state index contributed by atoms with van der Waals surface area (Å²) in [7, 11) is 0. The minimum atomic E-state index is -3.83. The van der Waals surface area contributed by atoms with Crippen LogP contribution in [0.3, 0.4) is 0 Å². The zero-order valence-corrected chi connectivity index (χ0v) is 29.1. The number of pyridine rings is 1. The normalized spacial score (nSPS) is 19.4. The van der Waals surface area contributed by atoms with Gasteiger partial charge in [-0.05, 0) is 79.9 Å². The van der Waals surface area contributed by atoms with Crippen LogP contribution in [0.4, 0.5) is 20.3 Å². The fourth-order valence-electron chi connectivity index (χ4n) is 7.24. The van der Waals surface area contributed by atoms with Crippen molar-refractivity contribution in [2.45, 2.75) is 49.8 Å². The van der Waals surface area contributed by atoms with Gasteiger partial charge in [0.25, 0.3) is 5.91 Å². The highest BCUT2D eigenvalue weighted by molar-refractivity contribution is 6.20. The maximum absolute atomic E-state index is 13.2. The van der Waals surface area contributed by atoms with Gasteiger partial charge in [-0.2, -0.15) is 5.10 Å². The molecule has 272 valence electrons. The number of likely N-dealkylation sites (tertiary alicyclic amines) is 1. The topological polar surface area (TPSA) is 136 Å². The largest absolute Gasteiger partial charge is 0.487 e. The number of amides is 3. The van der Waals surface area contributed by atoms with E-state index in [1.54, 1.807) is 12.3 Å². The van der Waals surface area contributed by atoms with Crippen LogP contribution in [0.2, 0.25) is 0 Å². The molecule has 3 saturated heterocycles. The van der Waals surface area contributed by atoms with Gasteiger partial charge in [0, 0.05) is 80.4 Å². The Bertz CT molecular complexity index is 1870. The van der Waals surface area contributed by atoms with E-state index in [1.807, 2.05) is 18.2 Å². The summed E-state index contributed by atoms with van der Waals surface area (Å²) in [5.74, 6) is -0.461. The van der Waals surface area contributed by atoms with Crippen molar-refractivity contribution in [3.63, 3.8) is 0 Å². The fraction of sp³-hybridized carbons (Fsp3) is 0.378. The van der Waals surface area contributed by atoms with Gasteiger partial charge in [-0.25, -0.2) is 4.98 Å². The predicted molar refractivity (Wildman–Crippen MR) is 191 cm³/mol. The number of halogens is 3. The van der Waals surface area contributed by atoms with E-state index in [0.717, 1.165) is 75.6 Å².